The molecule has 2 rings (SSSR count). The summed E-state index contributed by atoms with van der Waals surface area (Å²) in [5.74, 6) is 0. The third kappa shape index (κ3) is 3.35. The molecule has 0 saturated carbocycles. The molecular weight excluding hydrogens is 262 g/mol. The lowest BCUT2D eigenvalue weighted by atomic mass is 10.2. The molecule has 4 nitrogen and oxygen atoms in total. The molecule has 0 N–H and O–H groups in total. The highest BCUT2D eigenvalue weighted by Gasteiger charge is 2.08. The molecule has 0 heterocycles. The lowest BCUT2D eigenvalue weighted by Gasteiger charge is -1.98. The standard InChI is InChI=1S/C14H11NO3S/c16-15-13-6-4-5-12(11-13)9-10-19(17,18)14-7-2-1-3-8-14/h1-11H. The van der Waals surface area contributed by atoms with Gasteiger partial charge in [0.05, 0.1) is 4.90 Å². The molecule has 0 fully saturated rings. The van der Waals surface area contributed by atoms with E-state index in [-0.39, 0.29) is 10.6 Å². The van der Waals surface area contributed by atoms with Gasteiger partial charge in [-0.1, -0.05) is 30.3 Å². The summed E-state index contributed by atoms with van der Waals surface area (Å²) in [5.41, 5.74) is 0.871. The molecule has 19 heavy (non-hydrogen) atoms. The molecule has 0 aromatic heterocycles. The Morgan fingerprint density at radius 1 is 0.947 bits per heavy atom. The minimum atomic E-state index is -3.47. The molecule has 0 unspecified atom stereocenters. The third-order valence-electron chi connectivity index (χ3n) is 2.49. The molecule has 0 radical (unpaired) electrons. The van der Waals surface area contributed by atoms with Crippen LogP contribution in [0, 0.1) is 4.91 Å². The van der Waals surface area contributed by atoms with Gasteiger partial charge in [0, 0.05) is 5.41 Å². The van der Waals surface area contributed by atoms with Gasteiger partial charge in [0.2, 0.25) is 0 Å². The second-order valence-electron chi connectivity index (χ2n) is 3.85. The van der Waals surface area contributed by atoms with Crippen LogP contribution in [0.2, 0.25) is 0 Å². The molecule has 0 aliphatic rings. The minimum Gasteiger partial charge on any atom is -0.219 e. The predicted molar refractivity (Wildman–Crippen MR) is 74.6 cm³/mol. The van der Waals surface area contributed by atoms with Crippen molar-refractivity contribution in [2.45, 2.75) is 4.90 Å². The molecule has 96 valence electrons. The molecule has 2 aromatic carbocycles. The number of benzene rings is 2. The number of rotatable bonds is 4. The molecule has 0 atom stereocenters. The maximum Gasteiger partial charge on any atom is 0.199 e. The van der Waals surface area contributed by atoms with Crippen LogP contribution >= 0.6 is 0 Å². The van der Waals surface area contributed by atoms with Crippen LogP contribution in [0.4, 0.5) is 5.69 Å². The zero-order valence-electron chi connectivity index (χ0n) is 9.93. The fourth-order valence-electron chi connectivity index (χ4n) is 1.54. The van der Waals surface area contributed by atoms with E-state index in [9.17, 15) is 13.3 Å². The molecule has 2 aromatic rings. The second-order valence-corrected chi connectivity index (χ2v) is 5.68. The lowest BCUT2D eigenvalue weighted by molar-refractivity contribution is 0.605. The van der Waals surface area contributed by atoms with Crippen molar-refractivity contribution in [3.8, 4) is 0 Å². The van der Waals surface area contributed by atoms with Crippen molar-refractivity contribution in [2.75, 3.05) is 0 Å². The van der Waals surface area contributed by atoms with E-state index < -0.39 is 9.84 Å². The SMILES string of the molecule is O=Nc1cccc(C=CS(=O)(=O)c2ccccc2)c1. The van der Waals surface area contributed by atoms with Crippen molar-refractivity contribution in [2.24, 2.45) is 5.18 Å². The van der Waals surface area contributed by atoms with Gasteiger partial charge in [-0.15, -0.1) is 4.91 Å². The number of nitroso groups, excluding NO2 is 1. The van der Waals surface area contributed by atoms with E-state index >= 15 is 0 Å². The fourth-order valence-corrected chi connectivity index (χ4v) is 2.57. The summed E-state index contributed by atoms with van der Waals surface area (Å²) in [6.45, 7) is 0. The molecule has 0 aliphatic heterocycles. The van der Waals surface area contributed by atoms with Gasteiger partial charge in [-0.2, -0.15) is 0 Å². The summed E-state index contributed by atoms with van der Waals surface area (Å²) in [4.78, 5) is 10.6. The van der Waals surface area contributed by atoms with E-state index in [4.69, 9.17) is 0 Å². The fraction of sp³-hybridized carbons (Fsp3) is 0. The quantitative estimate of drug-likeness (QED) is 0.800. The molecule has 0 saturated heterocycles. The maximum absolute atomic E-state index is 12.0. The minimum absolute atomic E-state index is 0.232. The van der Waals surface area contributed by atoms with Crippen LogP contribution in [0.15, 0.2) is 70.1 Å². The van der Waals surface area contributed by atoms with E-state index in [2.05, 4.69) is 5.18 Å². The first kappa shape index (κ1) is 13.2. The Morgan fingerprint density at radius 3 is 2.37 bits per heavy atom. The Kier molecular flexibility index (Phi) is 3.87. The topological polar surface area (TPSA) is 63.6 Å². The summed E-state index contributed by atoms with van der Waals surface area (Å²) < 4.78 is 24.0. The van der Waals surface area contributed by atoms with Gasteiger partial charge >= 0.3 is 0 Å². The van der Waals surface area contributed by atoms with Crippen molar-refractivity contribution in [1.29, 1.82) is 0 Å². The summed E-state index contributed by atoms with van der Waals surface area (Å²) in [6.07, 6.45) is 1.44. The number of hydrogen-bond acceptors (Lipinski definition) is 4. The van der Waals surface area contributed by atoms with Crippen molar-refractivity contribution in [3.63, 3.8) is 0 Å². The number of sulfone groups is 1. The highest BCUT2D eigenvalue weighted by Crippen LogP contribution is 2.17. The zero-order valence-corrected chi connectivity index (χ0v) is 10.7. The molecular formula is C14H11NO3S. The zero-order chi connectivity index (χ0) is 13.7. The van der Waals surface area contributed by atoms with E-state index in [0.717, 1.165) is 5.41 Å². The van der Waals surface area contributed by atoms with Crippen LogP contribution in [-0.2, 0) is 9.84 Å². The van der Waals surface area contributed by atoms with Gasteiger partial charge in [0.1, 0.15) is 5.69 Å². The van der Waals surface area contributed by atoms with Crippen molar-refractivity contribution < 1.29 is 8.42 Å². The van der Waals surface area contributed by atoms with Crippen molar-refractivity contribution in [3.05, 3.63) is 70.5 Å². The molecule has 0 spiro atoms. The first-order chi connectivity index (χ1) is 9.12. The van der Waals surface area contributed by atoms with Crippen LogP contribution in [-0.4, -0.2) is 8.42 Å². The van der Waals surface area contributed by atoms with Crippen LogP contribution in [0.5, 0.6) is 0 Å². The smallest absolute Gasteiger partial charge is 0.199 e. The molecule has 0 amide bonds. The molecule has 5 heteroatoms. The Labute approximate surface area is 111 Å². The largest absolute Gasteiger partial charge is 0.219 e. The van der Waals surface area contributed by atoms with Gasteiger partial charge in [-0.3, -0.25) is 0 Å². The highest BCUT2D eigenvalue weighted by molar-refractivity contribution is 7.94. The van der Waals surface area contributed by atoms with E-state index in [1.165, 1.54) is 24.3 Å². The summed E-state index contributed by atoms with van der Waals surface area (Å²) in [6, 6.07) is 14.6. The van der Waals surface area contributed by atoms with Gasteiger partial charge < -0.3 is 0 Å². The number of nitrogens with zero attached hydrogens (tertiary/aromatic N) is 1. The Hall–Kier alpha value is -2.27. The Balaban J connectivity index is 2.29. The van der Waals surface area contributed by atoms with Gasteiger partial charge in [-0.05, 0) is 41.1 Å². The molecule has 0 bridgehead atoms. The van der Waals surface area contributed by atoms with Crippen LogP contribution < -0.4 is 0 Å². The average molecular weight is 273 g/mol. The molecule has 0 aliphatic carbocycles. The van der Waals surface area contributed by atoms with E-state index in [1.54, 1.807) is 36.4 Å². The van der Waals surface area contributed by atoms with Gasteiger partial charge in [0.15, 0.2) is 9.84 Å². The third-order valence-corrected chi connectivity index (χ3v) is 3.91. The van der Waals surface area contributed by atoms with Gasteiger partial charge in [0.25, 0.3) is 0 Å². The summed E-state index contributed by atoms with van der Waals surface area (Å²) in [5, 5.41) is 3.92. The maximum atomic E-state index is 12.0. The Bertz CT molecular complexity index is 706. The monoisotopic (exact) mass is 273 g/mol. The van der Waals surface area contributed by atoms with Crippen molar-refractivity contribution in [1.82, 2.24) is 0 Å². The van der Waals surface area contributed by atoms with E-state index in [0.29, 0.717) is 5.56 Å². The summed E-state index contributed by atoms with van der Waals surface area (Å²) >= 11 is 0. The first-order valence-electron chi connectivity index (χ1n) is 5.53. The van der Waals surface area contributed by atoms with Crippen LogP contribution in [0.3, 0.4) is 0 Å². The van der Waals surface area contributed by atoms with Gasteiger partial charge in [-0.25, -0.2) is 8.42 Å². The summed E-state index contributed by atoms with van der Waals surface area (Å²) in [7, 11) is -3.47. The number of hydrogen-bond donors (Lipinski definition) is 0. The second kappa shape index (κ2) is 5.58. The highest BCUT2D eigenvalue weighted by atomic mass is 32.2. The van der Waals surface area contributed by atoms with E-state index in [1.807, 2.05) is 0 Å². The van der Waals surface area contributed by atoms with Crippen LogP contribution in [0.25, 0.3) is 6.08 Å². The lowest BCUT2D eigenvalue weighted by Crippen LogP contribution is -1.95. The first-order valence-corrected chi connectivity index (χ1v) is 7.08. The van der Waals surface area contributed by atoms with Crippen molar-refractivity contribution >= 4 is 21.6 Å². The average Bonchev–Trinajstić information content (AvgIpc) is 2.46. The Morgan fingerprint density at radius 2 is 1.68 bits per heavy atom. The normalized spacial score (nSPS) is 11.6. The van der Waals surface area contributed by atoms with Crippen LogP contribution in [0.1, 0.15) is 5.56 Å². The predicted octanol–water partition coefficient (Wildman–Crippen LogP) is 3.53.